The Hall–Kier alpha value is -0.630. The summed E-state index contributed by atoms with van der Waals surface area (Å²) in [6, 6.07) is 3.38. The van der Waals surface area contributed by atoms with Crippen molar-refractivity contribution in [1.29, 1.82) is 5.26 Å². The van der Waals surface area contributed by atoms with Gasteiger partial charge in [0.25, 0.3) is 0 Å². The van der Waals surface area contributed by atoms with Gasteiger partial charge >= 0.3 is 0 Å². The quantitative estimate of drug-likeness (QED) is 0.773. The number of nitrogens with one attached hydrogen (secondary N) is 1. The van der Waals surface area contributed by atoms with E-state index in [1.807, 2.05) is 0 Å². The molecule has 0 saturated carbocycles. The maximum atomic E-state index is 9.08. The highest BCUT2D eigenvalue weighted by atomic mass is 15.3. The van der Waals surface area contributed by atoms with E-state index in [0.29, 0.717) is 12.1 Å². The van der Waals surface area contributed by atoms with Crippen molar-refractivity contribution in [3.05, 3.63) is 0 Å². The van der Waals surface area contributed by atoms with E-state index in [4.69, 9.17) is 5.26 Å². The lowest BCUT2D eigenvalue weighted by Crippen LogP contribution is -2.49. The molecule has 1 atom stereocenters. The van der Waals surface area contributed by atoms with Crippen LogP contribution in [-0.2, 0) is 0 Å². The van der Waals surface area contributed by atoms with Gasteiger partial charge in [0.15, 0.2) is 0 Å². The zero-order chi connectivity index (χ0) is 13.5. The molecule has 4 heteroatoms. The molecule has 1 aliphatic rings. The van der Waals surface area contributed by atoms with E-state index in [-0.39, 0.29) is 6.04 Å². The average Bonchev–Trinajstić information content (AvgIpc) is 2.34. The van der Waals surface area contributed by atoms with E-state index in [1.165, 1.54) is 0 Å². The summed E-state index contributed by atoms with van der Waals surface area (Å²) in [7, 11) is 0. The monoisotopic (exact) mass is 252 g/mol. The minimum atomic E-state index is -0.00636. The van der Waals surface area contributed by atoms with Crippen LogP contribution in [0.5, 0.6) is 0 Å². The van der Waals surface area contributed by atoms with E-state index in [1.54, 1.807) is 0 Å². The van der Waals surface area contributed by atoms with E-state index in [9.17, 15) is 0 Å². The predicted octanol–water partition coefficient (Wildman–Crippen LogP) is 1.29. The Morgan fingerprint density at radius 3 is 2.17 bits per heavy atom. The fraction of sp³-hybridized carbons (Fsp3) is 0.929. The van der Waals surface area contributed by atoms with Gasteiger partial charge in [0.2, 0.25) is 0 Å². The zero-order valence-electron chi connectivity index (χ0n) is 12.3. The number of nitrogens with zero attached hydrogens (tertiary/aromatic N) is 3. The summed E-state index contributed by atoms with van der Waals surface area (Å²) in [5.41, 5.74) is 0. The summed E-state index contributed by atoms with van der Waals surface area (Å²) < 4.78 is 0. The SMILES string of the molecule is CC(C)NC(C#N)CCN1CCN(C(C)C)CC1. The maximum absolute atomic E-state index is 9.08. The van der Waals surface area contributed by atoms with Crippen LogP contribution >= 0.6 is 0 Å². The Morgan fingerprint density at radius 2 is 1.72 bits per heavy atom. The second-order valence-electron chi connectivity index (χ2n) is 5.76. The molecule has 104 valence electrons. The zero-order valence-corrected chi connectivity index (χ0v) is 12.3. The first-order valence-corrected chi connectivity index (χ1v) is 7.15. The van der Waals surface area contributed by atoms with Crippen molar-refractivity contribution in [1.82, 2.24) is 15.1 Å². The summed E-state index contributed by atoms with van der Waals surface area (Å²) in [6.45, 7) is 14.3. The smallest absolute Gasteiger partial charge is 0.0967 e. The van der Waals surface area contributed by atoms with Crippen LogP contribution in [0.3, 0.4) is 0 Å². The summed E-state index contributed by atoms with van der Waals surface area (Å²) in [5.74, 6) is 0. The third-order valence-corrected chi connectivity index (χ3v) is 3.56. The van der Waals surface area contributed by atoms with Crippen LogP contribution in [0, 0.1) is 11.3 Å². The lowest BCUT2D eigenvalue weighted by atomic mass is 10.1. The molecule has 0 amide bonds. The number of hydrogen-bond acceptors (Lipinski definition) is 4. The van der Waals surface area contributed by atoms with Gasteiger partial charge in [-0.05, 0) is 34.1 Å². The highest BCUT2D eigenvalue weighted by Crippen LogP contribution is 2.07. The first-order chi connectivity index (χ1) is 8.52. The molecule has 0 aliphatic carbocycles. The molecular weight excluding hydrogens is 224 g/mol. The minimum Gasteiger partial charge on any atom is -0.301 e. The summed E-state index contributed by atoms with van der Waals surface area (Å²) in [6.07, 6.45) is 0.927. The predicted molar refractivity (Wildman–Crippen MR) is 75.4 cm³/mol. The van der Waals surface area contributed by atoms with Crippen molar-refractivity contribution in [3.63, 3.8) is 0 Å². The fourth-order valence-corrected chi connectivity index (χ4v) is 2.40. The number of hydrogen-bond donors (Lipinski definition) is 1. The molecule has 1 saturated heterocycles. The molecule has 0 bridgehead atoms. The van der Waals surface area contributed by atoms with Crippen LogP contribution in [0.4, 0.5) is 0 Å². The molecule has 4 nitrogen and oxygen atoms in total. The first-order valence-electron chi connectivity index (χ1n) is 7.15. The number of nitriles is 1. The van der Waals surface area contributed by atoms with Gasteiger partial charge in [-0.3, -0.25) is 10.2 Å². The molecule has 1 aliphatic heterocycles. The first kappa shape index (κ1) is 15.4. The van der Waals surface area contributed by atoms with Crippen LogP contribution in [0.1, 0.15) is 34.1 Å². The second kappa shape index (κ2) is 7.73. The van der Waals surface area contributed by atoms with Gasteiger partial charge in [0.05, 0.1) is 12.1 Å². The minimum absolute atomic E-state index is 0.00636. The summed E-state index contributed by atoms with van der Waals surface area (Å²) in [5, 5.41) is 12.4. The molecule has 1 fully saturated rings. The Kier molecular flexibility index (Phi) is 6.62. The Bertz CT molecular complexity index is 261. The van der Waals surface area contributed by atoms with Crippen molar-refractivity contribution < 1.29 is 0 Å². The fourth-order valence-electron chi connectivity index (χ4n) is 2.40. The van der Waals surface area contributed by atoms with Crippen molar-refractivity contribution in [3.8, 4) is 6.07 Å². The Labute approximate surface area is 112 Å². The number of piperazine rings is 1. The molecule has 1 heterocycles. The van der Waals surface area contributed by atoms with Gasteiger partial charge in [-0.2, -0.15) is 5.26 Å². The molecule has 18 heavy (non-hydrogen) atoms. The third-order valence-electron chi connectivity index (χ3n) is 3.56. The Morgan fingerprint density at radius 1 is 1.11 bits per heavy atom. The summed E-state index contributed by atoms with van der Waals surface area (Å²) in [4.78, 5) is 5.00. The van der Waals surface area contributed by atoms with E-state index in [2.05, 4.69) is 48.9 Å². The molecule has 0 radical (unpaired) electrons. The highest BCUT2D eigenvalue weighted by molar-refractivity contribution is 4.91. The van der Waals surface area contributed by atoms with Gasteiger partial charge in [0.1, 0.15) is 0 Å². The standard InChI is InChI=1S/C14H28N4/c1-12(2)16-14(11-15)5-6-17-7-9-18(10-8-17)13(3)4/h12-14,16H,5-10H2,1-4H3. The van der Waals surface area contributed by atoms with E-state index < -0.39 is 0 Å². The van der Waals surface area contributed by atoms with Crippen LogP contribution in [0.25, 0.3) is 0 Å². The van der Waals surface area contributed by atoms with Gasteiger partial charge in [0, 0.05) is 44.8 Å². The summed E-state index contributed by atoms with van der Waals surface area (Å²) >= 11 is 0. The van der Waals surface area contributed by atoms with E-state index in [0.717, 1.165) is 39.1 Å². The molecule has 0 aromatic carbocycles. The van der Waals surface area contributed by atoms with Gasteiger partial charge in [-0.25, -0.2) is 0 Å². The third kappa shape index (κ3) is 5.34. The maximum Gasteiger partial charge on any atom is 0.0967 e. The molecule has 1 rings (SSSR count). The van der Waals surface area contributed by atoms with Crippen LogP contribution in [-0.4, -0.2) is 60.6 Å². The average molecular weight is 252 g/mol. The van der Waals surface area contributed by atoms with Crippen LogP contribution in [0.2, 0.25) is 0 Å². The lowest BCUT2D eigenvalue weighted by molar-refractivity contribution is 0.106. The molecule has 0 aromatic rings. The largest absolute Gasteiger partial charge is 0.301 e. The van der Waals surface area contributed by atoms with Crippen LogP contribution < -0.4 is 5.32 Å². The van der Waals surface area contributed by atoms with Crippen molar-refractivity contribution >= 4 is 0 Å². The van der Waals surface area contributed by atoms with Crippen LogP contribution in [0.15, 0.2) is 0 Å². The van der Waals surface area contributed by atoms with Crippen molar-refractivity contribution in [2.75, 3.05) is 32.7 Å². The Balaban J connectivity index is 2.23. The lowest BCUT2D eigenvalue weighted by Gasteiger charge is -2.37. The molecular formula is C14H28N4. The van der Waals surface area contributed by atoms with Crippen molar-refractivity contribution in [2.45, 2.75) is 52.2 Å². The molecule has 1 N–H and O–H groups in total. The number of rotatable bonds is 6. The van der Waals surface area contributed by atoms with Gasteiger partial charge in [-0.15, -0.1) is 0 Å². The van der Waals surface area contributed by atoms with Gasteiger partial charge in [-0.1, -0.05) is 0 Å². The molecule has 0 spiro atoms. The topological polar surface area (TPSA) is 42.3 Å². The highest BCUT2D eigenvalue weighted by Gasteiger charge is 2.19. The van der Waals surface area contributed by atoms with Crippen molar-refractivity contribution in [2.24, 2.45) is 0 Å². The van der Waals surface area contributed by atoms with E-state index >= 15 is 0 Å². The van der Waals surface area contributed by atoms with Gasteiger partial charge < -0.3 is 4.90 Å². The normalized spacial score (nSPS) is 20.3. The second-order valence-corrected chi connectivity index (χ2v) is 5.76. The molecule has 0 aromatic heterocycles. The molecule has 1 unspecified atom stereocenters.